The van der Waals surface area contributed by atoms with Crippen molar-refractivity contribution in [3.8, 4) is 0 Å². The van der Waals surface area contributed by atoms with E-state index >= 15 is 0 Å². The van der Waals surface area contributed by atoms with Crippen molar-refractivity contribution in [2.24, 2.45) is 5.92 Å². The molecule has 1 aliphatic rings. The van der Waals surface area contributed by atoms with Crippen LogP contribution in [0.25, 0.3) is 0 Å². The zero-order valence-corrected chi connectivity index (χ0v) is 16.8. The second-order valence-electron chi connectivity index (χ2n) is 7.42. The first-order chi connectivity index (χ1) is 13.0. The molecule has 0 N–H and O–H groups in total. The van der Waals surface area contributed by atoms with E-state index in [9.17, 15) is 9.18 Å². The molecule has 6 heteroatoms. The van der Waals surface area contributed by atoms with Crippen molar-refractivity contribution in [2.75, 3.05) is 32.8 Å². The molecule has 146 valence electrons. The highest BCUT2D eigenvalue weighted by molar-refractivity contribution is 7.09. The molecule has 1 atom stereocenters. The maximum atomic E-state index is 13.2. The van der Waals surface area contributed by atoms with Crippen LogP contribution < -0.4 is 0 Å². The van der Waals surface area contributed by atoms with Gasteiger partial charge in [0.05, 0.1) is 12.7 Å². The Kier molecular flexibility index (Phi) is 6.99. The summed E-state index contributed by atoms with van der Waals surface area (Å²) in [5, 5.41) is 2.10. The first-order valence-corrected chi connectivity index (χ1v) is 10.3. The van der Waals surface area contributed by atoms with Gasteiger partial charge < -0.3 is 9.64 Å². The zero-order valence-electron chi connectivity index (χ0n) is 15.9. The summed E-state index contributed by atoms with van der Waals surface area (Å²) in [6.07, 6.45) is -0.0122. The molecule has 1 aliphatic heterocycles. The molecule has 0 aliphatic carbocycles. The normalized spacial score (nSPS) is 18.0. The number of morpholine rings is 1. The Morgan fingerprint density at radius 3 is 2.78 bits per heavy atom. The van der Waals surface area contributed by atoms with Crippen molar-refractivity contribution in [1.82, 2.24) is 9.80 Å². The van der Waals surface area contributed by atoms with Crippen molar-refractivity contribution in [3.05, 3.63) is 58.0 Å². The Morgan fingerprint density at radius 2 is 2.11 bits per heavy atom. The number of thiophene rings is 1. The van der Waals surface area contributed by atoms with Crippen LogP contribution in [0.4, 0.5) is 4.39 Å². The molecule has 0 saturated carbocycles. The Morgan fingerprint density at radius 1 is 1.33 bits per heavy atom. The van der Waals surface area contributed by atoms with E-state index in [4.69, 9.17) is 4.74 Å². The van der Waals surface area contributed by atoms with E-state index in [-0.39, 0.29) is 17.8 Å². The second kappa shape index (κ2) is 9.44. The lowest BCUT2D eigenvalue weighted by Gasteiger charge is -2.36. The minimum atomic E-state index is -0.332. The van der Waals surface area contributed by atoms with Crippen LogP contribution in [-0.2, 0) is 11.3 Å². The third kappa shape index (κ3) is 5.86. The van der Waals surface area contributed by atoms with Gasteiger partial charge in [0.2, 0.25) is 0 Å². The van der Waals surface area contributed by atoms with Crippen LogP contribution >= 0.6 is 11.3 Å². The number of amides is 1. The Labute approximate surface area is 164 Å². The third-order valence-electron chi connectivity index (χ3n) is 4.57. The highest BCUT2D eigenvalue weighted by atomic mass is 32.1. The lowest BCUT2D eigenvalue weighted by molar-refractivity contribution is -0.0435. The van der Waals surface area contributed by atoms with E-state index in [1.165, 1.54) is 17.0 Å². The average Bonchev–Trinajstić information content (AvgIpc) is 3.14. The summed E-state index contributed by atoms with van der Waals surface area (Å²) >= 11 is 1.77. The summed E-state index contributed by atoms with van der Waals surface area (Å²) in [5.74, 6) is -0.0512. The van der Waals surface area contributed by atoms with Gasteiger partial charge in [0.1, 0.15) is 5.82 Å². The quantitative estimate of drug-likeness (QED) is 0.719. The molecule has 1 aromatic heterocycles. The number of hydrogen-bond donors (Lipinski definition) is 0. The molecule has 0 radical (unpaired) electrons. The van der Waals surface area contributed by atoms with Crippen LogP contribution in [0, 0.1) is 11.7 Å². The number of carbonyl (C=O) groups excluding carboxylic acids is 1. The first-order valence-electron chi connectivity index (χ1n) is 9.42. The molecule has 3 rings (SSSR count). The van der Waals surface area contributed by atoms with Gasteiger partial charge in [0.25, 0.3) is 5.91 Å². The van der Waals surface area contributed by atoms with Gasteiger partial charge in [0.15, 0.2) is 0 Å². The van der Waals surface area contributed by atoms with E-state index in [2.05, 4.69) is 36.3 Å². The smallest absolute Gasteiger partial charge is 0.253 e. The zero-order chi connectivity index (χ0) is 19.2. The largest absolute Gasteiger partial charge is 0.374 e. The molecule has 1 aromatic carbocycles. The predicted molar refractivity (Wildman–Crippen MR) is 106 cm³/mol. The standard InChI is InChI=1S/C21H27FN2O2S/c1-16(2)12-24(21(25)17-5-7-18(22)8-6-17)14-19-13-23(9-10-26-19)15-20-4-3-11-27-20/h3-8,11,16,19H,9-10,12-15H2,1-2H3/t19-/m0/s1. The number of carbonyl (C=O) groups is 1. The van der Waals surface area contributed by atoms with Gasteiger partial charge in [-0.25, -0.2) is 4.39 Å². The maximum absolute atomic E-state index is 13.2. The van der Waals surface area contributed by atoms with E-state index in [0.29, 0.717) is 31.2 Å². The minimum absolute atomic E-state index is 0.0122. The van der Waals surface area contributed by atoms with Crippen molar-refractivity contribution in [1.29, 1.82) is 0 Å². The maximum Gasteiger partial charge on any atom is 0.253 e. The highest BCUT2D eigenvalue weighted by Crippen LogP contribution is 2.17. The van der Waals surface area contributed by atoms with Gasteiger partial charge in [-0.1, -0.05) is 19.9 Å². The number of ether oxygens (including phenoxy) is 1. The first kappa shape index (κ1) is 20.0. The van der Waals surface area contributed by atoms with Crippen LogP contribution in [0.3, 0.4) is 0 Å². The van der Waals surface area contributed by atoms with Crippen molar-refractivity contribution in [3.63, 3.8) is 0 Å². The summed E-state index contributed by atoms with van der Waals surface area (Å²) in [5.41, 5.74) is 0.517. The monoisotopic (exact) mass is 390 g/mol. The second-order valence-corrected chi connectivity index (χ2v) is 8.45. The van der Waals surface area contributed by atoms with Crippen LogP contribution in [0.15, 0.2) is 41.8 Å². The summed E-state index contributed by atoms with van der Waals surface area (Å²) < 4.78 is 19.1. The molecule has 0 bridgehead atoms. The summed E-state index contributed by atoms with van der Waals surface area (Å²) in [6.45, 7) is 8.71. The van der Waals surface area contributed by atoms with Gasteiger partial charge >= 0.3 is 0 Å². The van der Waals surface area contributed by atoms with E-state index in [1.54, 1.807) is 23.5 Å². The number of halogens is 1. The van der Waals surface area contributed by atoms with Gasteiger partial charge in [0, 0.05) is 43.2 Å². The van der Waals surface area contributed by atoms with Crippen molar-refractivity contribution >= 4 is 17.2 Å². The van der Waals surface area contributed by atoms with E-state index in [1.807, 2.05) is 4.90 Å². The van der Waals surface area contributed by atoms with Gasteiger partial charge in [-0.3, -0.25) is 9.69 Å². The minimum Gasteiger partial charge on any atom is -0.374 e. The number of nitrogens with zero attached hydrogens (tertiary/aromatic N) is 2. The van der Waals surface area contributed by atoms with Crippen LogP contribution in [0.1, 0.15) is 29.1 Å². The predicted octanol–water partition coefficient (Wildman–Crippen LogP) is 3.89. The fourth-order valence-corrected chi connectivity index (χ4v) is 4.11. The Bertz CT molecular complexity index is 718. The van der Waals surface area contributed by atoms with E-state index < -0.39 is 0 Å². The van der Waals surface area contributed by atoms with Crippen LogP contribution in [0.5, 0.6) is 0 Å². The SMILES string of the molecule is CC(C)CN(C[C@@H]1CN(Cc2cccs2)CCO1)C(=O)c1ccc(F)cc1. The molecule has 2 aromatic rings. The molecule has 1 saturated heterocycles. The van der Waals surface area contributed by atoms with Gasteiger partial charge in [-0.05, 0) is 41.6 Å². The molecule has 4 nitrogen and oxygen atoms in total. The molecular weight excluding hydrogens is 363 g/mol. The molecule has 1 fully saturated rings. The van der Waals surface area contributed by atoms with E-state index in [0.717, 1.165) is 19.6 Å². The third-order valence-corrected chi connectivity index (χ3v) is 5.43. The molecule has 0 unspecified atom stereocenters. The van der Waals surface area contributed by atoms with Crippen LogP contribution in [0.2, 0.25) is 0 Å². The molecule has 1 amide bonds. The summed E-state index contributed by atoms with van der Waals surface area (Å²) in [6, 6.07) is 9.99. The fraction of sp³-hybridized carbons (Fsp3) is 0.476. The Balaban J connectivity index is 1.64. The average molecular weight is 391 g/mol. The fourth-order valence-electron chi connectivity index (χ4n) is 3.36. The molecule has 0 spiro atoms. The van der Waals surface area contributed by atoms with Gasteiger partial charge in [-0.15, -0.1) is 11.3 Å². The lowest BCUT2D eigenvalue weighted by Crippen LogP contribution is -2.49. The molecule has 27 heavy (non-hydrogen) atoms. The van der Waals surface area contributed by atoms with Crippen molar-refractivity contribution < 1.29 is 13.9 Å². The number of rotatable bonds is 7. The van der Waals surface area contributed by atoms with Gasteiger partial charge in [-0.2, -0.15) is 0 Å². The highest BCUT2D eigenvalue weighted by Gasteiger charge is 2.26. The van der Waals surface area contributed by atoms with Crippen molar-refractivity contribution in [2.45, 2.75) is 26.5 Å². The molecule has 2 heterocycles. The number of hydrogen-bond acceptors (Lipinski definition) is 4. The lowest BCUT2D eigenvalue weighted by atomic mass is 10.1. The Hall–Kier alpha value is -1.76. The topological polar surface area (TPSA) is 32.8 Å². The summed E-state index contributed by atoms with van der Waals surface area (Å²) in [4.78, 5) is 18.5. The summed E-state index contributed by atoms with van der Waals surface area (Å²) in [7, 11) is 0. The molecular formula is C21H27FN2O2S. The van der Waals surface area contributed by atoms with Crippen LogP contribution in [-0.4, -0.2) is 54.6 Å². The number of benzene rings is 1.